The number of amides is 1. The number of nitrogens with one attached hydrogen (secondary N) is 2. The van der Waals surface area contributed by atoms with Crippen LogP contribution in [0.2, 0.25) is 0 Å². The van der Waals surface area contributed by atoms with E-state index in [1.165, 1.54) is 0 Å². The molecule has 19 heavy (non-hydrogen) atoms. The van der Waals surface area contributed by atoms with E-state index < -0.39 is 0 Å². The highest BCUT2D eigenvalue weighted by atomic mass is 16.5. The molecule has 0 aromatic heterocycles. The normalized spacial score (nSPS) is 19.3. The van der Waals surface area contributed by atoms with E-state index in [0.717, 1.165) is 30.7 Å². The summed E-state index contributed by atoms with van der Waals surface area (Å²) in [6, 6.07) is 7.95. The molecule has 0 radical (unpaired) electrons. The highest BCUT2D eigenvalue weighted by Crippen LogP contribution is 2.14. The van der Waals surface area contributed by atoms with Crippen molar-refractivity contribution in [1.29, 1.82) is 0 Å². The molecule has 1 aromatic carbocycles. The van der Waals surface area contributed by atoms with E-state index in [9.17, 15) is 4.79 Å². The molecule has 4 heteroatoms. The van der Waals surface area contributed by atoms with E-state index in [1.54, 1.807) is 0 Å². The number of hydrogen-bond donors (Lipinski definition) is 2. The van der Waals surface area contributed by atoms with Crippen LogP contribution < -0.4 is 15.4 Å². The van der Waals surface area contributed by atoms with Crippen molar-refractivity contribution in [1.82, 2.24) is 10.6 Å². The summed E-state index contributed by atoms with van der Waals surface area (Å²) in [5.74, 6) is 1.00. The van der Waals surface area contributed by atoms with Gasteiger partial charge >= 0.3 is 0 Å². The molecular weight excluding hydrogens is 240 g/mol. The molecule has 1 aromatic rings. The standard InChI is InChI=1S/C15H22N2O2/c1-11(2)19-13-7-5-12(6-8-13)10-17-14-4-3-9-16-15(14)18/h5-8,11,14,17H,3-4,9-10H2,1-2H3,(H,16,18). The first kappa shape index (κ1) is 13.9. The lowest BCUT2D eigenvalue weighted by Gasteiger charge is -2.22. The van der Waals surface area contributed by atoms with Crippen molar-refractivity contribution in [2.45, 2.75) is 45.4 Å². The Hall–Kier alpha value is -1.55. The third-order valence-corrected chi connectivity index (χ3v) is 3.13. The Bertz CT molecular complexity index is 415. The summed E-state index contributed by atoms with van der Waals surface area (Å²) in [4.78, 5) is 11.6. The number of carbonyl (C=O) groups excluding carboxylic acids is 1. The summed E-state index contributed by atoms with van der Waals surface area (Å²) in [7, 11) is 0. The summed E-state index contributed by atoms with van der Waals surface area (Å²) in [5, 5.41) is 6.17. The van der Waals surface area contributed by atoms with Crippen molar-refractivity contribution in [3.05, 3.63) is 29.8 Å². The molecule has 1 aliphatic rings. The summed E-state index contributed by atoms with van der Waals surface area (Å²) in [6.07, 6.45) is 2.15. The van der Waals surface area contributed by atoms with Crippen molar-refractivity contribution >= 4 is 5.91 Å². The molecule has 0 bridgehead atoms. The van der Waals surface area contributed by atoms with Gasteiger partial charge in [0, 0.05) is 13.1 Å². The second kappa shape index (κ2) is 6.57. The minimum absolute atomic E-state index is 0.0552. The Balaban J connectivity index is 1.84. The van der Waals surface area contributed by atoms with Crippen LogP contribution in [0.1, 0.15) is 32.3 Å². The Morgan fingerprint density at radius 1 is 1.37 bits per heavy atom. The molecule has 1 amide bonds. The number of benzene rings is 1. The molecule has 1 unspecified atom stereocenters. The molecule has 4 nitrogen and oxygen atoms in total. The lowest BCUT2D eigenvalue weighted by atomic mass is 10.1. The van der Waals surface area contributed by atoms with E-state index in [-0.39, 0.29) is 18.1 Å². The lowest BCUT2D eigenvalue weighted by Crippen LogP contribution is -2.47. The summed E-state index contributed by atoms with van der Waals surface area (Å²) < 4.78 is 5.60. The van der Waals surface area contributed by atoms with Crippen LogP contribution in [0.15, 0.2) is 24.3 Å². The van der Waals surface area contributed by atoms with Crippen LogP contribution in [-0.2, 0) is 11.3 Å². The average molecular weight is 262 g/mol. The molecule has 1 heterocycles. The van der Waals surface area contributed by atoms with Gasteiger partial charge in [-0.1, -0.05) is 12.1 Å². The molecular formula is C15H22N2O2. The molecule has 0 spiro atoms. The second-order valence-corrected chi connectivity index (χ2v) is 5.18. The van der Waals surface area contributed by atoms with Crippen molar-refractivity contribution in [2.24, 2.45) is 0 Å². The molecule has 0 aliphatic carbocycles. The molecule has 2 N–H and O–H groups in total. The van der Waals surface area contributed by atoms with Gasteiger partial charge in [-0.2, -0.15) is 0 Å². The van der Waals surface area contributed by atoms with Crippen LogP contribution in [0, 0.1) is 0 Å². The van der Waals surface area contributed by atoms with E-state index in [4.69, 9.17) is 4.74 Å². The molecule has 1 atom stereocenters. The number of hydrogen-bond acceptors (Lipinski definition) is 3. The highest BCUT2D eigenvalue weighted by molar-refractivity contribution is 5.82. The number of ether oxygens (including phenoxy) is 1. The zero-order valence-electron chi connectivity index (χ0n) is 11.6. The van der Waals surface area contributed by atoms with Crippen molar-refractivity contribution < 1.29 is 9.53 Å². The van der Waals surface area contributed by atoms with Crippen molar-refractivity contribution in [2.75, 3.05) is 6.54 Å². The van der Waals surface area contributed by atoms with Gasteiger partial charge in [-0.15, -0.1) is 0 Å². The van der Waals surface area contributed by atoms with Crippen LogP contribution in [-0.4, -0.2) is 24.6 Å². The van der Waals surface area contributed by atoms with Gasteiger partial charge < -0.3 is 15.4 Å². The number of piperidine rings is 1. The minimum Gasteiger partial charge on any atom is -0.491 e. The van der Waals surface area contributed by atoms with Gasteiger partial charge in [0.15, 0.2) is 0 Å². The first-order valence-electron chi connectivity index (χ1n) is 6.92. The number of carbonyl (C=O) groups is 1. The van der Waals surface area contributed by atoms with E-state index >= 15 is 0 Å². The fraction of sp³-hybridized carbons (Fsp3) is 0.533. The van der Waals surface area contributed by atoms with E-state index in [2.05, 4.69) is 10.6 Å². The molecule has 1 saturated heterocycles. The van der Waals surface area contributed by atoms with Gasteiger partial charge in [-0.3, -0.25) is 4.79 Å². The lowest BCUT2D eigenvalue weighted by molar-refractivity contribution is -0.124. The summed E-state index contributed by atoms with van der Waals surface area (Å²) >= 11 is 0. The van der Waals surface area contributed by atoms with Crippen molar-refractivity contribution in [3.8, 4) is 5.75 Å². The molecule has 1 fully saturated rings. The maximum atomic E-state index is 11.6. The Labute approximate surface area is 114 Å². The van der Waals surface area contributed by atoms with Gasteiger partial charge in [0.1, 0.15) is 5.75 Å². The Morgan fingerprint density at radius 3 is 2.74 bits per heavy atom. The smallest absolute Gasteiger partial charge is 0.237 e. The predicted octanol–water partition coefficient (Wildman–Crippen LogP) is 1.84. The zero-order valence-corrected chi connectivity index (χ0v) is 11.6. The third kappa shape index (κ3) is 4.24. The summed E-state index contributed by atoms with van der Waals surface area (Å²) in [6.45, 7) is 5.53. The first-order chi connectivity index (χ1) is 9.15. The van der Waals surface area contributed by atoms with Crippen LogP contribution in [0.5, 0.6) is 5.75 Å². The maximum absolute atomic E-state index is 11.6. The fourth-order valence-corrected chi connectivity index (χ4v) is 2.17. The van der Waals surface area contributed by atoms with E-state index in [0.29, 0.717) is 6.54 Å². The van der Waals surface area contributed by atoms with Crippen LogP contribution >= 0.6 is 0 Å². The molecule has 104 valence electrons. The third-order valence-electron chi connectivity index (χ3n) is 3.13. The fourth-order valence-electron chi connectivity index (χ4n) is 2.17. The average Bonchev–Trinajstić information content (AvgIpc) is 2.39. The van der Waals surface area contributed by atoms with Gasteiger partial charge in [-0.05, 0) is 44.4 Å². The SMILES string of the molecule is CC(C)Oc1ccc(CNC2CCCNC2=O)cc1. The summed E-state index contributed by atoms with van der Waals surface area (Å²) in [5.41, 5.74) is 1.16. The predicted molar refractivity (Wildman–Crippen MR) is 75.1 cm³/mol. The Morgan fingerprint density at radius 2 is 2.11 bits per heavy atom. The van der Waals surface area contributed by atoms with Gasteiger partial charge in [0.25, 0.3) is 0 Å². The maximum Gasteiger partial charge on any atom is 0.237 e. The van der Waals surface area contributed by atoms with Crippen LogP contribution in [0.4, 0.5) is 0 Å². The minimum atomic E-state index is -0.0552. The first-order valence-corrected chi connectivity index (χ1v) is 6.92. The van der Waals surface area contributed by atoms with Gasteiger partial charge in [0.05, 0.1) is 12.1 Å². The van der Waals surface area contributed by atoms with E-state index in [1.807, 2.05) is 38.1 Å². The highest BCUT2D eigenvalue weighted by Gasteiger charge is 2.20. The largest absolute Gasteiger partial charge is 0.491 e. The van der Waals surface area contributed by atoms with Gasteiger partial charge in [-0.25, -0.2) is 0 Å². The van der Waals surface area contributed by atoms with Crippen molar-refractivity contribution in [3.63, 3.8) is 0 Å². The quantitative estimate of drug-likeness (QED) is 0.851. The topological polar surface area (TPSA) is 50.4 Å². The van der Waals surface area contributed by atoms with Gasteiger partial charge in [0.2, 0.25) is 5.91 Å². The van der Waals surface area contributed by atoms with Crippen LogP contribution in [0.3, 0.4) is 0 Å². The molecule has 2 rings (SSSR count). The zero-order chi connectivity index (χ0) is 13.7. The molecule has 1 aliphatic heterocycles. The number of rotatable bonds is 5. The molecule has 0 saturated carbocycles. The monoisotopic (exact) mass is 262 g/mol. The second-order valence-electron chi connectivity index (χ2n) is 5.18. The Kier molecular flexibility index (Phi) is 4.80. The van der Waals surface area contributed by atoms with Crippen LogP contribution in [0.25, 0.3) is 0 Å².